The third-order valence-corrected chi connectivity index (χ3v) is 3.13. The predicted octanol–water partition coefficient (Wildman–Crippen LogP) is 1.14. The number of aromatic nitrogens is 2. The van der Waals surface area contributed by atoms with E-state index in [2.05, 4.69) is 20.6 Å². The number of benzene rings is 1. The summed E-state index contributed by atoms with van der Waals surface area (Å²) in [4.78, 5) is 32.7. The van der Waals surface area contributed by atoms with Crippen LogP contribution >= 0.6 is 0 Å². The van der Waals surface area contributed by atoms with Crippen LogP contribution in [0, 0.1) is 0 Å². The molecule has 0 aliphatic heterocycles. The van der Waals surface area contributed by atoms with E-state index in [0.717, 1.165) is 11.1 Å². The Bertz CT molecular complexity index is 656. The van der Waals surface area contributed by atoms with E-state index in [4.69, 9.17) is 0 Å². The van der Waals surface area contributed by atoms with Crippen LogP contribution in [0.15, 0.2) is 43.0 Å². The molecule has 0 fully saturated rings. The van der Waals surface area contributed by atoms with Crippen molar-refractivity contribution < 1.29 is 9.59 Å². The van der Waals surface area contributed by atoms with E-state index < -0.39 is 0 Å². The molecule has 1 aromatic heterocycles. The maximum atomic E-state index is 12.0. The molecule has 2 rings (SSSR count). The average molecular weight is 313 g/mol. The van der Waals surface area contributed by atoms with Gasteiger partial charge in [-0.05, 0) is 17.7 Å². The minimum Gasteiger partial charge on any atom is -0.350 e. The number of rotatable bonds is 5. The van der Waals surface area contributed by atoms with Crippen molar-refractivity contribution >= 4 is 11.9 Å². The summed E-state index contributed by atoms with van der Waals surface area (Å²) in [6.07, 6.45) is 4.91. The van der Waals surface area contributed by atoms with Crippen molar-refractivity contribution in [3.8, 4) is 11.1 Å². The lowest BCUT2D eigenvalue weighted by atomic mass is 10.1. The van der Waals surface area contributed by atoms with E-state index in [9.17, 15) is 9.59 Å². The molecule has 2 N–H and O–H groups in total. The molecule has 0 atom stereocenters. The molecule has 0 aliphatic rings. The van der Waals surface area contributed by atoms with Gasteiger partial charge in [-0.15, -0.1) is 0 Å². The van der Waals surface area contributed by atoms with Crippen LogP contribution in [0.25, 0.3) is 11.1 Å². The summed E-state index contributed by atoms with van der Waals surface area (Å²) in [6, 6.07) is 7.00. The fraction of sp³-hybridized carbons (Fsp3) is 0.250. The lowest BCUT2D eigenvalue weighted by Gasteiger charge is -2.12. The van der Waals surface area contributed by atoms with Gasteiger partial charge in [-0.1, -0.05) is 12.1 Å². The third-order valence-electron chi connectivity index (χ3n) is 3.13. The molecule has 0 saturated carbocycles. The Morgan fingerprint density at radius 1 is 0.957 bits per heavy atom. The number of nitrogens with one attached hydrogen (secondary N) is 2. The minimum absolute atomic E-state index is 0.181. The van der Waals surface area contributed by atoms with Crippen molar-refractivity contribution in [2.45, 2.75) is 0 Å². The average Bonchev–Trinajstić information content (AvgIpc) is 2.59. The van der Waals surface area contributed by atoms with Crippen molar-refractivity contribution in [1.29, 1.82) is 0 Å². The number of urea groups is 1. The molecule has 0 spiro atoms. The van der Waals surface area contributed by atoms with Gasteiger partial charge in [-0.3, -0.25) is 4.79 Å². The van der Waals surface area contributed by atoms with E-state index in [0.29, 0.717) is 18.7 Å². The Labute approximate surface area is 134 Å². The summed E-state index contributed by atoms with van der Waals surface area (Å²) >= 11 is 0. The number of hydrogen-bond acceptors (Lipinski definition) is 4. The Kier molecular flexibility index (Phi) is 5.62. The van der Waals surface area contributed by atoms with Gasteiger partial charge in [0.2, 0.25) is 0 Å². The minimum atomic E-state index is -0.186. The quantitative estimate of drug-likeness (QED) is 0.811. The Morgan fingerprint density at radius 2 is 1.57 bits per heavy atom. The van der Waals surface area contributed by atoms with Crippen LogP contribution in [0.3, 0.4) is 0 Å². The Morgan fingerprint density at radius 3 is 2.17 bits per heavy atom. The highest BCUT2D eigenvalue weighted by Crippen LogP contribution is 2.17. The fourth-order valence-electron chi connectivity index (χ4n) is 1.87. The van der Waals surface area contributed by atoms with Gasteiger partial charge in [0.15, 0.2) is 0 Å². The predicted molar refractivity (Wildman–Crippen MR) is 86.9 cm³/mol. The molecule has 7 heteroatoms. The van der Waals surface area contributed by atoms with Crippen molar-refractivity contribution in [3.63, 3.8) is 0 Å². The number of hydrogen-bond donors (Lipinski definition) is 2. The highest BCUT2D eigenvalue weighted by atomic mass is 16.2. The number of nitrogens with zero attached hydrogens (tertiary/aromatic N) is 3. The molecule has 0 radical (unpaired) electrons. The van der Waals surface area contributed by atoms with Crippen LogP contribution in [0.2, 0.25) is 0 Å². The molecule has 0 unspecified atom stereocenters. The molecular weight excluding hydrogens is 294 g/mol. The van der Waals surface area contributed by atoms with Crippen molar-refractivity contribution in [2.75, 3.05) is 27.2 Å². The largest absolute Gasteiger partial charge is 0.350 e. The monoisotopic (exact) mass is 313 g/mol. The first-order valence-corrected chi connectivity index (χ1v) is 7.16. The normalized spacial score (nSPS) is 10.0. The van der Waals surface area contributed by atoms with Gasteiger partial charge in [0.1, 0.15) is 6.33 Å². The highest BCUT2D eigenvalue weighted by Gasteiger charge is 2.06. The summed E-state index contributed by atoms with van der Waals surface area (Å²) in [5.74, 6) is -0.181. The third kappa shape index (κ3) is 4.77. The first-order valence-electron chi connectivity index (χ1n) is 7.16. The molecule has 120 valence electrons. The molecule has 0 aliphatic carbocycles. The SMILES string of the molecule is CN(C)C(=O)NCCNC(=O)c1ccc(-c2cncnc2)cc1. The van der Waals surface area contributed by atoms with Gasteiger partial charge in [-0.25, -0.2) is 14.8 Å². The molecule has 2 aromatic rings. The zero-order valence-electron chi connectivity index (χ0n) is 13.1. The Balaban J connectivity index is 1.85. The number of carbonyl (C=O) groups is 2. The molecule has 0 saturated heterocycles. The van der Waals surface area contributed by atoms with Gasteiger partial charge in [0.25, 0.3) is 5.91 Å². The van der Waals surface area contributed by atoms with Crippen molar-refractivity contribution in [3.05, 3.63) is 48.5 Å². The number of amides is 3. The van der Waals surface area contributed by atoms with Crippen LogP contribution in [0.5, 0.6) is 0 Å². The molecule has 1 heterocycles. The van der Waals surface area contributed by atoms with Gasteiger partial charge < -0.3 is 15.5 Å². The zero-order valence-corrected chi connectivity index (χ0v) is 13.1. The highest BCUT2D eigenvalue weighted by molar-refractivity contribution is 5.94. The van der Waals surface area contributed by atoms with E-state index in [1.807, 2.05) is 12.1 Å². The van der Waals surface area contributed by atoms with Gasteiger partial charge in [0, 0.05) is 50.7 Å². The standard InChI is InChI=1S/C16H19N5O2/c1-21(2)16(23)20-8-7-19-15(22)13-5-3-12(4-6-13)14-9-17-11-18-10-14/h3-6,9-11H,7-8H2,1-2H3,(H,19,22)(H,20,23). The first-order chi connectivity index (χ1) is 11.1. The summed E-state index contributed by atoms with van der Waals surface area (Å²) in [6.45, 7) is 0.745. The molecular formula is C16H19N5O2. The van der Waals surface area contributed by atoms with Gasteiger partial charge >= 0.3 is 6.03 Å². The van der Waals surface area contributed by atoms with Crippen LogP contribution < -0.4 is 10.6 Å². The zero-order chi connectivity index (χ0) is 16.7. The fourth-order valence-corrected chi connectivity index (χ4v) is 1.87. The van der Waals surface area contributed by atoms with E-state index in [1.54, 1.807) is 38.6 Å². The second-order valence-corrected chi connectivity index (χ2v) is 5.09. The molecule has 3 amide bonds. The summed E-state index contributed by atoms with van der Waals surface area (Å²) in [5.41, 5.74) is 2.40. The molecule has 23 heavy (non-hydrogen) atoms. The van der Waals surface area contributed by atoms with E-state index in [1.165, 1.54) is 11.2 Å². The second kappa shape index (κ2) is 7.88. The smallest absolute Gasteiger partial charge is 0.316 e. The van der Waals surface area contributed by atoms with Crippen molar-refractivity contribution in [1.82, 2.24) is 25.5 Å². The van der Waals surface area contributed by atoms with Crippen LogP contribution in [-0.4, -0.2) is 54.0 Å². The van der Waals surface area contributed by atoms with Gasteiger partial charge in [0.05, 0.1) is 0 Å². The van der Waals surface area contributed by atoms with E-state index >= 15 is 0 Å². The van der Waals surface area contributed by atoms with E-state index in [-0.39, 0.29) is 11.9 Å². The van der Waals surface area contributed by atoms with Crippen LogP contribution in [0.1, 0.15) is 10.4 Å². The van der Waals surface area contributed by atoms with Crippen LogP contribution in [0.4, 0.5) is 4.79 Å². The molecule has 0 bridgehead atoms. The second-order valence-electron chi connectivity index (χ2n) is 5.09. The summed E-state index contributed by atoms with van der Waals surface area (Å²) < 4.78 is 0. The lowest BCUT2D eigenvalue weighted by molar-refractivity contribution is 0.0953. The lowest BCUT2D eigenvalue weighted by Crippen LogP contribution is -2.39. The maximum absolute atomic E-state index is 12.0. The van der Waals surface area contributed by atoms with Crippen molar-refractivity contribution in [2.24, 2.45) is 0 Å². The Hall–Kier alpha value is -2.96. The van der Waals surface area contributed by atoms with Gasteiger partial charge in [-0.2, -0.15) is 0 Å². The summed E-state index contributed by atoms with van der Waals surface area (Å²) in [5, 5.41) is 5.43. The summed E-state index contributed by atoms with van der Waals surface area (Å²) in [7, 11) is 3.32. The number of carbonyl (C=O) groups excluding carboxylic acids is 2. The maximum Gasteiger partial charge on any atom is 0.316 e. The van der Waals surface area contributed by atoms with Crippen LogP contribution in [-0.2, 0) is 0 Å². The first kappa shape index (κ1) is 16.4. The topological polar surface area (TPSA) is 87.2 Å². The molecule has 7 nitrogen and oxygen atoms in total. The molecule has 1 aromatic carbocycles.